The van der Waals surface area contributed by atoms with Crippen LogP contribution in [0.1, 0.15) is 0 Å². The zero-order valence-corrected chi connectivity index (χ0v) is 13.0. The fourth-order valence-corrected chi connectivity index (χ4v) is 2.66. The first-order valence-corrected chi connectivity index (χ1v) is 7.81. The van der Waals surface area contributed by atoms with Gasteiger partial charge in [0.1, 0.15) is 18.0 Å². The summed E-state index contributed by atoms with van der Waals surface area (Å²) in [4.78, 5) is 12.2. The number of benzene rings is 2. The number of nitrogens with zero attached hydrogens (tertiary/aromatic N) is 4. The van der Waals surface area contributed by atoms with E-state index in [1.807, 2.05) is 0 Å². The minimum Gasteiger partial charge on any atom is -0.325 e. The molecule has 1 heterocycles. The van der Waals surface area contributed by atoms with Crippen molar-refractivity contribution in [2.75, 3.05) is 11.1 Å². The number of anilines is 1. The SMILES string of the molecule is O=C(CSc1ccc(F)cc1F)Nc1cccc(-n2cnnn2)c1. The standard InChI is InChI=1S/C15H11F2N5OS/c16-10-4-5-14(13(17)6-10)24-8-15(23)19-11-2-1-3-12(7-11)22-9-18-20-21-22/h1-7,9H,8H2,(H,19,23). The summed E-state index contributed by atoms with van der Waals surface area (Å²) in [5.41, 5.74) is 1.25. The molecule has 1 aromatic heterocycles. The number of rotatable bonds is 5. The van der Waals surface area contributed by atoms with Gasteiger partial charge in [-0.15, -0.1) is 16.9 Å². The predicted molar refractivity (Wildman–Crippen MR) is 84.9 cm³/mol. The first-order valence-electron chi connectivity index (χ1n) is 6.83. The molecule has 0 spiro atoms. The molecule has 0 aliphatic heterocycles. The Morgan fingerprint density at radius 3 is 2.83 bits per heavy atom. The van der Waals surface area contributed by atoms with Gasteiger partial charge in [-0.1, -0.05) is 6.07 Å². The number of amides is 1. The first-order chi connectivity index (χ1) is 11.6. The summed E-state index contributed by atoms with van der Waals surface area (Å²) in [5.74, 6) is -1.65. The molecule has 6 nitrogen and oxygen atoms in total. The molecule has 3 aromatic rings. The highest BCUT2D eigenvalue weighted by atomic mass is 32.2. The number of thioether (sulfide) groups is 1. The molecule has 24 heavy (non-hydrogen) atoms. The minimum absolute atomic E-state index is 0.00232. The zero-order chi connectivity index (χ0) is 16.9. The molecule has 0 unspecified atom stereocenters. The van der Waals surface area contributed by atoms with Crippen molar-refractivity contribution >= 4 is 23.4 Å². The molecule has 2 aromatic carbocycles. The molecule has 0 bridgehead atoms. The second kappa shape index (κ2) is 7.18. The molecule has 0 fully saturated rings. The van der Waals surface area contributed by atoms with Crippen molar-refractivity contribution in [1.29, 1.82) is 0 Å². The van der Waals surface area contributed by atoms with Crippen LogP contribution in [0.5, 0.6) is 0 Å². The van der Waals surface area contributed by atoms with Gasteiger partial charge in [-0.25, -0.2) is 13.5 Å². The average molecular weight is 347 g/mol. The van der Waals surface area contributed by atoms with E-state index >= 15 is 0 Å². The monoisotopic (exact) mass is 347 g/mol. The Labute approximate surface area is 139 Å². The van der Waals surface area contributed by atoms with E-state index in [0.717, 1.165) is 23.9 Å². The Morgan fingerprint density at radius 2 is 2.08 bits per heavy atom. The second-order valence-corrected chi connectivity index (χ2v) is 5.73. The number of carbonyl (C=O) groups is 1. The Kier molecular flexibility index (Phi) is 4.80. The summed E-state index contributed by atoms with van der Waals surface area (Å²) in [6, 6.07) is 10.2. The van der Waals surface area contributed by atoms with Gasteiger partial charge in [0.25, 0.3) is 0 Å². The van der Waals surface area contributed by atoms with Gasteiger partial charge >= 0.3 is 0 Å². The van der Waals surface area contributed by atoms with Crippen LogP contribution in [-0.2, 0) is 4.79 Å². The van der Waals surface area contributed by atoms with E-state index in [1.165, 1.54) is 17.1 Å². The Balaban J connectivity index is 1.62. The van der Waals surface area contributed by atoms with Gasteiger partial charge < -0.3 is 5.32 Å². The second-order valence-electron chi connectivity index (χ2n) is 4.72. The average Bonchev–Trinajstić information content (AvgIpc) is 3.09. The number of nitrogens with one attached hydrogen (secondary N) is 1. The van der Waals surface area contributed by atoms with Crippen LogP contribution < -0.4 is 5.32 Å². The van der Waals surface area contributed by atoms with Crippen LogP contribution in [-0.4, -0.2) is 31.9 Å². The number of halogens is 2. The van der Waals surface area contributed by atoms with Gasteiger partial charge in [0.05, 0.1) is 11.4 Å². The van der Waals surface area contributed by atoms with Crippen LogP contribution in [0.3, 0.4) is 0 Å². The van der Waals surface area contributed by atoms with Gasteiger partial charge in [-0.2, -0.15) is 0 Å². The summed E-state index contributed by atoms with van der Waals surface area (Å²) in [6.07, 6.45) is 1.44. The third-order valence-corrected chi connectivity index (χ3v) is 4.04. The molecule has 1 amide bonds. The Morgan fingerprint density at radius 1 is 1.21 bits per heavy atom. The topological polar surface area (TPSA) is 72.7 Å². The van der Waals surface area contributed by atoms with E-state index < -0.39 is 11.6 Å². The fraction of sp³-hybridized carbons (Fsp3) is 0.0667. The van der Waals surface area contributed by atoms with Crippen LogP contribution in [0.15, 0.2) is 53.7 Å². The van der Waals surface area contributed by atoms with Crippen LogP contribution >= 0.6 is 11.8 Å². The molecule has 3 rings (SSSR count). The normalized spacial score (nSPS) is 10.6. The molecular formula is C15H11F2N5OS. The third kappa shape index (κ3) is 3.93. The quantitative estimate of drug-likeness (QED) is 0.719. The molecule has 0 saturated carbocycles. The number of carbonyl (C=O) groups excluding carboxylic acids is 1. The van der Waals surface area contributed by atoms with Gasteiger partial charge in [-0.3, -0.25) is 4.79 Å². The Bertz CT molecular complexity index is 857. The van der Waals surface area contributed by atoms with Gasteiger partial charge in [-0.05, 0) is 40.8 Å². The van der Waals surface area contributed by atoms with E-state index in [4.69, 9.17) is 0 Å². The van der Waals surface area contributed by atoms with Crippen molar-refractivity contribution in [1.82, 2.24) is 20.2 Å². The lowest BCUT2D eigenvalue weighted by atomic mass is 10.3. The van der Waals surface area contributed by atoms with Crippen molar-refractivity contribution in [3.8, 4) is 5.69 Å². The number of tetrazole rings is 1. The van der Waals surface area contributed by atoms with Crippen molar-refractivity contribution < 1.29 is 13.6 Å². The van der Waals surface area contributed by atoms with Crippen LogP contribution in [0.2, 0.25) is 0 Å². The van der Waals surface area contributed by atoms with E-state index in [2.05, 4.69) is 20.8 Å². The Hall–Kier alpha value is -2.81. The van der Waals surface area contributed by atoms with Crippen LogP contribution in [0.4, 0.5) is 14.5 Å². The summed E-state index contributed by atoms with van der Waals surface area (Å²) in [5, 5.41) is 13.6. The largest absolute Gasteiger partial charge is 0.325 e. The van der Waals surface area contributed by atoms with Crippen molar-refractivity contribution in [2.24, 2.45) is 0 Å². The lowest BCUT2D eigenvalue weighted by Crippen LogP contribution is -2.14. The molecule has 0 atom stereocenters. The zero-order valence-electron chi connectivity index (χ0n) is 12.2. The highest BCUT2D eigenvalue weighted by Crippen LogP contribution is 2.22. The van der Waals surface area contributed by atoms with Crippen LogP contribution in [0, 0.1) is 11.6 Å². The summed E-state index contributed by atoms with van der Waals surface area (Å²) in [7, 11) is 0. The third-order valence-electron chi connectivity index (χ3n) is 3.00. The summed E-state index contributed by atoms with van der Waals surface area (Å²) >= 11 is 0.994. The lowest BCUT2D eigenvalue weighted by Gasteiger charge is -2.07. The highest BCUT2D eigenvalue weighted by Gasteiger charge is 2.09. The van der Waals surface area contributed by atoms with E-state index in [9.17, 15) is 13.6 Å². The number of hydrogen-bond donors (Lipinski definition) is 1. The van der Waals surface area contributed by atoms with E-state index in [1.54, 1.807) is 24.3 Å². The van der Waals surface area contributed by atoms with E-state index in [0.29, 0.717) is 11.4 Å². The molecule has 1 N–H and O–H groups in total. The molecule has 9 heteroatoms. The molecule has 0 aliphatic carbocycles. The number of aromatic nitrogens is 4. The molecule has 0 radical (unpaired) electrons. The summed E-state index contributed by atoms with van der Waals surface area (Å²) < 4.78 is 27.8. The van der Waals surface area contributed by atoms with Gasteiger partial charge in [0.2, 0.25) is 5.91 Å². The number of hydrogen-bond acceptors (Lipinski definition) is 5. The van der Waals surface area contributed by atoms with Crippen LogP contribution in [0.25, 0.3) is 5.69 Å². The smallest absolute Gasteiger partial charge is 0.234 e. The maximum absolute atomic E-state index is 13.5. The van der Waals surface area contributed by atoms with Gasteiger partial charge in [0.15, 0.2) is 0 Å². The molecule has 122 valence electrons. The minimum atomic E-state index is -0.687. The lowest BCUT2D eigenvalue weighted by molar-refractivity contribution is -0.113. The fourth-order valence-electron chi connectivity index (χ4n) is 1.94. The summed E-state index contributed by atoms with van der Waals surface area (Å²) in [6.45, 7) is 0. The van der Waals surface area contributed by atoms with Crippen molar-refractivity contribution in [3.05, 3.63) is 60.4 Å². The van der Waals surface area contributed by atoms with Crippen molar-refractivity contribution in [2.45, 2.75) is 4.90 Å². The van der Waals surface area contributed by atoms with Crippen molar-refractivity contribution in [3.63, 3.8) is 0 Å². The molecular weight excluding hydrogens is 336 g/mol. The molecule has 0 saturated heterocycles. The maximum Gasteiger partial charge on any atom is 0.234 e. The first kappa shape index (κ1) is 16.1. The van der Waals surface area contributed by atoms with E-state index in [-0.39, 0.29) is 16.6 Å². The maximum atomic E-state index is 13.5. The molecule has 0 aliphatic rings. The highest BCUT2D eigenvalue weighted by molar-refractivity contribution is 8.00. The van der Waals surface area contributed by atoms with Gasteiger partial charge in [0, 0.05) is 16.6 Å². The predicted octanol–water partition coefficient (Wildman–Crippen LogP) is 2.67.